The number of amides is 1. The molecular weight excluding hydrogens is 423 g/mol. The number of benzene rings is 3. The van der Waals surface area contributed by atoms with E-state index in [2.05, 4.69) is 5.32 Å². The van der Waals surface area contributed by atoms with Gasteiger partial charge in [-0.25, -0.2) is 0 Å². The second-order valence-electron chi connectivity index (χ2n) is 7.66. The van der Waals surface area contributed by atoms with Crippen molar-refractivity contribution >= 4 is 23.2 Å². The molecule has 1 aliphatic carbocycles. The molecule has 0 atom stereocenters. The highest BCUT2D eigenvalue weighted by molar-refractivity contribution is 6.04. The second kappa shape index (κ2) is 8.53. The van der Waals surface area contributed by atoms with E-state index in [9.17, 15) is 22.8 Å². The Hall–Kier alpha value is -3.55. The Morgan fingerprint density at radius 3 is 2.38 bits per heavy atom. The van der Waals surface area contributed by atoms with Gasteiger partial charge in [-0.2, -0.15) is 13.2 Å². The summed E-state index contributed by atoms with van der Waals surface area (Å²) in [6.07, 6.45) is -2.55. The van der Waals surface area contributed by atoms with Crippen molar-refractivity contribution in [3.05, 3.63) is 77.4 Å². The first-order valence-electron chi connectivity index (χ1n) is 10.1. The maximum absolute atomic E-state index is 13.0. The molecule has 1 fully saturated rings. The zero-order chi connectivity index (χ0) is 22.8. The summed E-state index contributed by atoms with van der Waals surface area (Å²) in [5, 5.41) is 4.30. The molecule has 1 saturated carbocycles. The Balaban J connectivity index is 1.62. The van der Waals surface area contributed by atoms with Crippen LogP contribution in [0.3, 0.4) is 0 Å². The van der Waals surface area contributed by atoms with Gasteiger partial charge in [0.1, 0.15) is 12.4 Å². The van der Waals surface area contributed by atoms with Crippen LogP contribution in [0.1, 0.15) is 40.7 Å². The van der Waals surface area contributed by atoms with E-state index in [1.807, 2.05) is 12.1 Å². The molecule has 0 bridgehead atoms. The van der Waals surface area contributed by atoms with Gasteiger partial charge in [0, 0.05) is 18.2 Å². The van der Waals surface area contributed by atoms with Gasteiger partial charge < -0.3 is 14.8 Å². The van der Waals surface area contributed by atoms with Crippen LogP contribution in [0.25, 0.3) is 10.8 Å². The number of carbonyl (C=O) groups excluding carboxylic acids is 2. The molecular formula is C24H20F3NO4. The molecule has 0 aromatic heterocycles. The van der Waals surface area contributed by atoms with Crippen LogP contribution in [0, 0.1) is 0 Å². The summed E-state index contributed by atoms with van der Waals surface area (Å²) < 4.78 is 49.5. The second-order valence-corrected chi connectivity index (χ2v) is 7.66. The van der Waals surface area contributed by atoms with Crippen LogP contribution in [0.5, 0.6) is 5.75 Å². The van der Waals surface area contributed by atoms with Crippen LogP contribution < -0.4 is 10.1 Å². The third-order valence-electron chi connectivity index (χ3n) is 5.56. The molecule has 0 radical (unpaired) electrons. The number of hydrogen-bond donors (Lipinski definition) is 1. The number of fused-ring (bicyclic) bond motifs is 1. The van der Waals surface area contributed by atoms with Crippen molar-refractivity contribution in [2.24, 2.45) is 0 Å². The fourth-order valence-electron chi connectivity index (χ4n) is 3.66. The van der Waals surface area contributed by atoms with Crippen molar-refractivity contribution in [2.75, 3.05) is 0 Å². The molecule has 8 heteroatoms. The predicted octanol–water partition coefficient (Wildman–Crippen LogP) is 5.22. The molecule has 1 amide bonds. The van der Waals surface area contributed by atoms with Crippen molar-refractivity contribution in [1.82, 2.24) is 5.32 Å². The minimum absolute atomic E-state index is 0.0254. The van der Waals surface area contributed by atoms with Crippen molar-refractivity contribution in [1.29, 1.82) is 0 Å². The predicted molar refractivity (Wildman–Crippen MR) is 111 cm³/mol. The number of hydrogen-bond acceptors (Lipinski definition) is 4. The average molecular weight is 443 g/mol. The highest BCUT2D eigenvalue weighted by Gasteiger charge is 2.41. The lowest BCUT2D eigenvalue weighted by molar-refractivity contribution is -0.156. The third-order valence-corrected chi connectivity index (χ3v) is 5.56. The lowest BCUT2D eigenvalue weighted by Gasteiger charge is -2.40. The highest BCUT2D eigenvalue weighted by atomic mass is 19.4. The minimum atomic E-state index is -4.42. The van der Waals surface area contributed by atoms with Crippen molar-refractivity contribution in [2.45, 2.75) is 37.8 Å². The summed E-state index contributed by atoms with van der Waals surface area (Å²) in [4.78, 5) is 23.9. The van der Waals surface area contributed by atoms with Crippen LogP contribution in [0.15, 0.2) is 60.7 Å². The first kappa shape index (κ1) is 21.7. The van der Waals surface area contributed by atoms with E-state index in [1.54, 1.807) is 24.3 Å². The molecule has 0 saturated heterocycles. The summed E-state index contributed by atoms with van der Waals surface area (Å²) in [6, 6.07) is 15.4. The Labute approximate surface area is 182 Å². The lowest BCUT2D eigenvalue weighted by Crippen LogP contribution is -2.55. The van der Waals surface area contributed by atoms with Gasteiger partial charge in [0.05, 0.1) is 11.1 Å². The van der Waals surface area contributed by atoms with Crippen LogP contribution in [-0.4, -0.2) is 18.1 Å². The standard InChI is InChI=1S/C24H20F3NO4/c25-24(26,27)18-9-6-16(7-10-18)14-31-21-19-5-2-1-4-17(19)8-11-20(21)22(30)28-23(32-15-29)12-3-13-23/h1-2,4-11,15H,3,12-14H2,(H,28,30). The Bertz CT molecular complexity index is 1140. The zero-order valence-corrected chi connectivity index (χ0v) is 16.9. The fourth-order valence-corrected chi connectivity index (χ4v) is 3.66. The van der Waals surface area contributed by atoms with Crippen LogP contribution in [0.2, 0.25) is 0 Å². The Morgan fingerprint density at radius 1 is 1.03 bits per heavy atom. The summed E-state index contributed by atoms with van der Waals surface area (Å²) in [6.45, 7) is 0.296. The van der Waals surface area contributed by atoms with Crippen molar-refractivity contribution < 1.29 is 32.2 Å². The lowest BCUT2D eigenvalue weighted by atomic mass is 9.87. The largest absolute Gasteiger partial charge is 0.487 e. The topological polar surface area (TPSA) is 64.6 Å². The fraction of sp³-hybridized carbons (Fsp3) is 0.250. The third kappa shape index (κ3) is 4.39. The van der Waals surface area contributed by atoms with Crippen LogP contribution in [-0.2, 0) is 22.3 Å². The molecule has 166 valence electrons. The van der Waals surface area contributed by atoms with Gasteiger partial charge in [-0.3, -0.25) is 9.59 Å². The number of carbonyl (C=O) groups is 2. The molecule has 5 nitrogen and oxygen atoms in total. The van der Waals surface area contributed by atoms with Gasteiger partial charge in [0.15, 0.2) is 5.72 Å². The number of rotatable bonds is 7. The van der Waals surface area contributed by atoms with Crippen molar-refractivity contribution in [3.63, 3.8) is 0 Å². The molecule has 4 rings (SSSR count). The number of nitrogens with one attached hydrogen (secondary N) is 1. The van der Waals surface area contributed by atoms with E-state index in [4.69, 9.17) is 9.47 Å². The first-order chi connectivity index (χ1) is 15.3. The van der Waals surface area contributed by atoms with Gasteiger partial charge in [-0.05, 0) is 35.6 Å². The molecule has 3 aromatic rings. The molecule has 1 aliphatic rings. The molecule has 0 aliphatic heterocycles. The maximum Gasteiger partial charge on any atom is 0.416 e. The quantitative estimate of drug-likeness (QED) is 0.402. The maximum atomic E-state index is 13.0. The van der Waals surface area contributed by atoms with Gasteiger partial charge in [-0.1, -0.05) is 42.5 Å². The Morgan fingerprint density at radius 2 is 1.75 bits per heavy atom. The smallest absolute Gasteiger partial charge is 0.416 e. The first-order valence-corrected chi connectivity index (χ1v) is 10.1. The molecule has 3 aromatic carbocycles. The van der Waals surface area contributed by atoms with E-state index in [0.717, 1.165) is 23.9 Å². The zero-order valence-electron chi connectivity index (χ0n) is 16.9. The minimum Gasteiger partial charge on any atom is -0.487 e. The summed E-state index contributed by atoms with van der Waals surface area (Å²) in [5.41, 5.74) is -0.990. The molecule has 1 N–H and O–H groups in total. The van der Waals surface area contributed by atoms with E-state index < -0.39 is 23.4 Å². The number of halogens is 3. The van der Waals surface area contributed by atoms with Gasteiger partial charge in [-0.15, -0.1) is 0 Å². The normalized spacial score (nSPS) is 15.0. The molecule has 32 heavy (non-hydrogen) atoms. The molecule has 0 unspecified atom stereocenters. The highest BCUT2D eigenvalue weighted by Crippen LogP contribution is 2.35. The van der Waals surface area contributed by atoms with Crippen molar-refractivity contribution in [3.8, 4) is 5.75 Å². The molecule has 0 heterocycles. The van der Waals surface area contributed by atoms with E-state index >= 15 is 0 Å². The monoisotopic (exact) mass is 443 g/mol. The Kier molecular flexibility index (Phi) is 5.78. The van der Waals surface area contributed by atoms with E-state index in [1.165, 1.54) is 12.1 Å². The molecule has 0 spiro atoms. The SMILES string of the molecule is O=COC1(NC(=O)c2ccc3ccccc3c2OCc2ccc(C(F)(F)F)cc2)CCC1. The van der Waals surface area contributed by atoms with E-state index in [0.29, 0.717) is 36.0 Å². The number of ether oxygens (including phenoxy) is 2. The summed E-state index contributed by atoms with van der Waals surface area (Å²) in [7, 11) is 0. The van der Waals surface area contributed by atoms with Gasteiger partial charge >= 0.3 is 6.18 Å². The summed E-state index contributed by atoms with van der Waals surface area (Å²) >= 11 is 0. The van der Waals surface area contributed by atoms with E-state index in [-0.39, 0.29) is 12.2 Å². The van der Waals surface area contributed by atoms with Gasteiger partial charge in [0.25, 0.3) is 12.4 Å². The van der Waals surface area contributed by atoms with Crippen LogP contribution in [0.4, 0.5) is 13.2 Å². The van der Waals surface area contributed by atoms with Crippen LogP contribution >= 0.6 is 0 Å². The number of alkyl halides is 3. The average Bonchev–Trinajstić information content (AvgIpc) is 2.75. The summed E-state index contributed by atoms with van der Waals surface area (Å²) in [5.74, 6) is -0.152. The van der Waals surface area contributed by atoms with Gasteiger partial charge in [0.2, 0.25) is 0 Å².